The van der Waals surface area contributed by atoms with Crippen LogP contribution in [0, 0.1) is 23.0 Å². The number of benzene rings is 2. The lowest BCUT2D eigenvalue weighted by atomic mass is 9.93. The molecule has 2 aromatic carbocycles. The molecular weight excluding hydrogens is 318 g/mol. The summed E-state index contributed by atoms with van der Waals surface area (Å²) in [5, 5.41) is 8.84. The van der Waals surface area contributed by atoms with Crippen molar-refractivity contribution < 1.29 is 8.78 Å². The molecule has 0 N–H and O–H groups in total. The Morgan fingerprint density at radius 1 is 1.08 bits per heavy atom. The van der Waals surface area contributed by atoms with Gasteiger partial charge in [0, 0.05) is 24.2 Å². The molecule has 0 aliphatic carbocycles. The molecule has 0 amide bonds. The molecule has 2 heterocycles. The number of rotatable bonds is 3. The van der Waals surface area contributed by atoms with E-state index in [9.17, 15) is 8.78 Å². The third-order valence-electron chi connectivity index (χ3n) is 5.27. The largest absolute Gasteiger partial charge is 0.289 e. The maximum atomic E-state index is 14.3. The van der Waals surface area contributed by atoms with E-state index < -0.39 is 11.6 Å². The van der Waals surface area contributed by atoms with Crippen molar-refractivity contribution in [3.8, 4) is 6.07 Å². The van der Waals surface area contributed by atoms with Crippen LogP contribution in [0.15, 0.2) is 48.5 Å². The lowest BCUT2D eigenvalue weighted by Gasteiger charge is -2.34. The summed E-state index contributed by atoms with van der Waals surface area (Å²) in [5.41, 5.74) is 2.18. The quantitative estimate of drug-likeness (QED) is 0.815. The first kappa shape index (κ1) is 16.0. The van der Waals surface area contributed by atoms with Gasteiger partial charge in [-0.05, 0) is 42.5 Å². The first-order valence-electron chi connectivity index (χ1n) is 8.55. The molecule has 0 spiro atoms. The molecule has 1 fully saturated rings. The van der Waals surface area contributed by atoms with E-state index in [1.165, 1.54) is 11.6 Å². The average molecular weight is 336 g/mol. The van der Waals surface area contributed by atoms with Gasteiger partial charge < -0.3 is 0 Å². The lowest BCUT2D eigenvalue weighted by molar-refractivity contribution is 0.203. The maximum absolute atomic E-state index is 14.3. The highest BCUT2D eigenvalue weighted by Gasteiger charge is 2.37. The van der Waals surface area contributed by atoms with Gasteiger partial charge in [0.1, 0.15) is 17.7 Å². The molecule has 25 heavy (non-hydrogen) atoms. The zero-order valence-electron chi connectivity index (χ0n) is 13.8. The number of nitriles is 1. The highest BCUT2D eigenvalue weighted by atomic mass is 19.1. The molecule has 2 bridgehead atoms. The van der Waals surface area contributed by atoms with Crippen LogP contribution in [0.25, 0.3) is 5.57 Å². The van der Waals surface area contributed by atoms with Crippen molar-refractivity contribution in [2.45, 2.75) is 37.9 Å². The van der Waals surface area contributed by atoms with Crippen LogP contribution in [0.3, 0.4) is 0 Å². The van der Waals surface area contributed by atoms with Crippen LogP contribution >= 0.6 is 0 Å². The van der Waals surface area contributed by atoms with Crippen molar-refractivity contribution in [1.29, 1.82) is 5.26 Å². The minimum atomic E-state index is -0.654. The Morgan fingerprint density at radius 3 is 2.60 bits per heavy atom. The molecule has 4 rings (SSSR count). The van der Waals surface area contributed by atoms with Gasteiger partial charge in [0.05, 0.1) is 5.56 Å². The summed E-state index contributed by atoms with van der Waals surface area (Å²) in [6.45, 7) is 0.879. The summed E-state index contributed by atoms with van der Waals surface area (Å²) in [5.74, 6) is -1.17. The smallest absolute Gasteiger partial charge is 0.141 e. The molecule has 2 aromatic rings. The highest BCUT2D eigenvalue weighted by Crippen LogP contribution is 2.40. The zero-order valence-corrected chi connectivity index (χ0v) is 13.8. The van der Waals surface area contributed by atoms with Crippen molar-refractivity contribution in [2.75, 3.05) is 0 Å². The molecular formula is C21H18F2N2. The van der Waals surface area contributed by atoms with Crippen molar-refractivity contribution in [1.82, 2.24) is 4.90 Å². The summed E-state index contributed by atoms with van der Waals surface area (Å²) in [7, 11) is 0. The van der Waals surface area contributed by atoms with E-state index in [0.29, 0.717) is 18.0 Å². The van der Waals surface area contributed by atoms with Crippen LogP contribution in [0.4, 0.5) is 8.78 Å². The Hall–Kier alpha value is -2.51. The molecule has 2 aliphatic heterocycles. The van der Waals surface area contributed by atoms with Gasteiger partial charge in [-0.25, -0.2) is 8.78 Å². The Kier molecular flexibility index (Phi) is 4.10. The van der Waals surface area contributed by atoms with Crippen molar-refractivity contribution in [2.24, 2.45) is 0 Å². The molecule has 4 heteroatoms. The summed E-state index contributed by atoms with van der Waals surface area (Å²) in [4.78, 5) is 2.46. The third-order valence-corrected chi connectivity index (χ3v) is 5.27. The predicted octanol–water partition coefficient (Wildman–Crippen LogP) is 4.66. The molecule has 2 unspecified atom stereocenters. The Labute approximate surface area is 146 Å². The van der Waals surface area contributed by atoms with Gasteiger partial charge in [0.15, 0.2) is 0 Å². The van der Waals surface area contributed by atoms with Gasteiger partial charge in [-0.3, -0.25) is 4.90 Å². The first-order valence-corrected chi connectivity index (χ1v) is 8.55. The number of hydrogen-bond acceptors (Lipinski definition) is 2. The van der Waals surface area contributed by atoms with Crippen LogP contribution < -0.4 is 0 Å². The molecule has 126 valence electrons. The van der Waals surface area contributed by atoms with Crippen molar-refractivity contribution >= 4 is 5.57 Å². The summed E-state index contributed by atoms with van der Waals surface area (Å²) >= 11 is 0. The second-order valence-electron chi connectivity index (χ2n) is 6.78. The van der Waals surface area contributed by atoms with Crippen LogP contribution in [0.5, 0.6) is 0 Å². The standard InChI is InChI=1S/C21H18F2N2/c22-20-11-19(21(23)10-16(20)12-24)15-8-17-6-7-18(9-15)25(17)13-14-4-2-1-3-5-14/h1-5,8,10-11,17-18H,6-7,9,13H2. The van der Waals surface area contributed by atoms with E-state index in [0.717, 1.165) is 31.0 Å². The third kappa shape index (κ3) is 2.96. The van der Waals surface area contributed by atoms with Crippen LogP contribution in [-0.4, -0.2) is 17.0 Å². The Morgan fingerprint density at radius 2 is 1.88 bits per heavy atom. The number of nitrogens with zero attached hydrogens (tertiary/aromatic N) is 2. The average Bonchev–Trinajstić information content (AvgIpc) is 2.86. The number of fused-ring (bicyclic) bond motifs is 2. The van der Waals surface area contributed by atoms with E-state index in [4.69, 9.17) is 5.26 Å². The molecule has 2 aliphatic rings. The van der Waals surface area contributed by atoms with E-state index in [2.05, 4.69) is 23.1 Å². The molecule has 0 aromatic heterocycles. The molecule has 0 radical (unpaired) electrons. The van der Waals surface area contributed by atoms with Gasteiger partial charge in [-0.2, -0.15) is 5.26 Å². The van der Waals surface area contributed by atoms with Gasteiger partial charge in [0.2, 0.25) is 0 Å². The monoisotopic (exact) mass is 336 g/mol. The summed E-state index contributed by atoms with van der Waals surface area (Å²) in [6.07, 6.45) is 4.90. The second kappa shape index (κ2) is 6.42. The zero-order chi connectivity index (χ0) is 17.4. The molecule has 2 atom stereocenters. The lowest BCUT2D eigenvalue weighted by Crippen LogP contribution is -2.37. The normalized spacial score (nSPS) is 22.5. The fraction of sp³-hybridized carbons (Fsp3) is 0.286. The SMILES string of the molecule is N#Cc1cc(F)c(C2=CC3CCC(C2)N3Cc2ccccc2)cc1F. The Balaban J connectivity index is 1.62. The molecule has 1 saturated heterocycles. The molecule has 2 nitrogen and oxygen atoms in total. The minimum absolute atomic E-state index is 0.244. The van der Waals surface area contributed by atoms with Crippen LogP contribution in [0.1, 0.15) is 36.0 Å². The highest BCUT2D eigenvalue weighted by molar-refractivity contribution is 5.69. The predicted molar refractivity (Wildman–Crippen MR) is 92.5 cm³/mol. The van der Waals surface area contributed by atoms with Gasteiger partial charge in [0.25, 0.3) is 0 Å². The fourth-order valence-electron chi connectivity index (χ4n) is 4.04. The number of hydrogen-bond donors (Lipinski definition) is 0. The topological polar surface area (TPSA) is 27.0 Å². The summed E-state index contributed by atoms with van der Waals surface area (Å²) < 4.78 is 28.3. The van der Waals surface area contributed by atoms with Crippen LogP contribution in [-0.2, 0) is 6.54 Å². The van der Waals surface area contributed by atoms with Gasteiger partial charge in [-0.15, -0.1) is 0 Å². The van der Waals surface area contributed by atoms with Crippen molar-refractivity contribution in [3.05, 3.63) is 76.9 Å². The van der Waals surface area contributed by atoms with E-state index >= 15 is 0 Å². The summed E-state index contributed by atoms with van der Waals surface area (Å²) in [6, 6.07) is 14.8. The van der Waals surface area contributed by atoms with E-state index in [1.54, 1.807) is 6.07 Å². The van der Waals surface area contributed by atoms with Gasteiger partial charge in [-0.1, -0.05) is 36.4 Å². The minimum Gasteiger partial charge on any atom is -0.289 e. The van der Waals surface area contributed by atoms with Gasteiger partial charge >= 0.3 is 0 Å². The van der Waals surface area contributed by atoms with E-state index in [1.807, 2.05) is 18.2 Å². The Bertz CT molecular complexity index is 867. The van der Waals surface area contributed by atoms with Crippen LogP contribution in [0.2, 0.25) is 0 Å². The van der Waals surface area contributed by atoms with Crippen molar-refractivity contribution in [3.63, 3.8) is 0 Å². The first-order chi connectivity index (χ1) is 12.2. The second-order valence-corrected chi connectivity index (χ2v) is 6.78. The number of halogens is 2. The maximum Gasteiger partial charge on any atom is 0.141 e. The molecule has 0 saturated carbocycles. The van der Waals surface area contributed by atoms with E-state index in [-0.39, 0.29) is 11.6 Å². The fourth-order valence-corrected chi connectivity index (χ4v) is 4.04.